The van der Waals surface area contributed by atoms with Crippen molar-refractivity contribution in [1.29, 1.82) is 0 Å². The number of sulfonamides is 1. The van der Waals surface area contributed by atoms with E-state index in [-0.39, 0.29) is 30.2 Å². The lowest BCUT2D eigenvalue weighted by molar-refractivity contribution is -0.137. The molecule has 5 rings (SSSR count). The third kappa shape index (κ3) is 6.58. The van der Waals surface area contributed by atoms with E-state index < -0.39 is 56.6 Å². The largest absolute Gasteiger partial charge is 0.416 e. The summed E-state index contributed by atoms with van der Waals surface area (Å²) in [6.07, 6.45) is -4.71. The third-order valence-corrected chi connectivity index (χ3v) is 9.03. The number of likely N-dealkylation sites (N-methyl/N-ethyl adjacent to an activating group) is 1. The van der Waals surface area contributed by atoms with Gasteiger partial charge in [-0.2, -0.15) is 18.3 Å². The fourth-order valence-corrected chi connectivity index (χ4v) is 5.93. The van der Waals surface area contributed by atoms with Gasteiger partial charge in [0, 0.05) is 23.6 Å². The molecule has 45 heavy (non-hydrogen) atoms. The molecule has 2 N–H and O–H groups in total. The van der Waals surface area contributed by atoms with Crippen LogP contribution in [0, 0.1) is 5.82 Å². The lowest BCUT2D eigenvalue weighted by Crippen LogP contribution is -2.55. The van der Waals surface area contributed by atoms with Crippen LogP contribution in [0.3, 0.4) is 0 Å². The number of fused-ring (bicyclic) bond motifs is 1. The summed E-state index contributed by atoms with van der Waals surface area (Å²) in [5.74, 6) is -2.90. The molecule has 0 saturated carbocycles. The molecule has 15 heteroatoms. The van der Waals surface area contributed by atoms with E-state index in [0.29, 0.717) is 22.9 Å². The molecule has 236 valence electrons. The number of carbonyl (C=O) groups is 2. The average molecular weight is 664 g/mol. The summed E-state index contributed by atoms with van der Waals surface area (Å²) in [5, 5.41) is 6.55. The number of hydrogen-bond donors (Lipinski definition) is 2. The van der Waals surface area contributed by atoms with Crippen LogP contribution in [0.4, 0.5) is 23.4 Å². The first kappa shape index (κ1) is 32.1. The van der Waals surface area contributed by atoms with Crippen LogP contribution in [0.1, 0.15) is 45.6 Å². The van der Waals surface area contributed by atoms with Crippen molar-refractivity contribution in [2.75, 3.05) is 16.7 Å². The predicted octanol–water partition coefficient (Wildman–Crippen LogP) is 4.94. The molecular formula is C30H26ClF4N5O4S. The highest BCUT2D eigenvalue weighted by molar-refractivity contribution is 7.90. The normalized spacial score (nSPS) is 16.8. The number of anilines is 1. The van der Waals surface area contributed by atoms with Crippen molar-refractivity contribution < 1.29 is 35.6 Å². The van der Waals surface area contributed by atoms with Gasteiger partial charge in [0.2, 0.25) is 10.0 Å². The highest BCUT2D eigenvalue weighted by Crippen LogP contribution is 2.44. The Labute approximate surface area is 260 Å². The first-order valence-electron chi connectivity index (χ1n) is 13.6. The van der Waals surface area contributed by atoms with Crippen LogP contribution in [-0.2, 0) is 27.5 Å². The minimum Gasteiger partial charge on any atom is -0.339 e. The van der Waals surface area contributed by atoms with Crippen LogP contribution in [0.15, 0.2) is 78.9 Å². The Hall–Kier alpha value is -4.27. The lowest BCUT2D eigenvalue weighted by atomic mass is 9.80. The molecule has 0 saturated heterocycles. The molecule has 1 aliphatic rings. The van der Waals surface area contributed by atoms with Crippen molar-refractivity contribution in [3.8, 4) is 5.69 Å². The van der Waals surface area contributed by atoms with Crippen LogP contribution in [0.25, 0.3) is 5.69 Å². The molecule has 3 aromatic carbocycles. The fraction of sp³-hybridized carbons (Fsp3) is 0.233. The summed E-state index contributed by atoms with van der Waals surface area (Å²) >= 11 is 5.60. The predicted molar refractivity (Wildman–Crippen MR) is 159 cm³/mol. The van der Waals surface area contributed by atoms with Crippen LogP contribution in [-0.4, -0.2) is 47.8 Å². The minimum absolute atomic E-state index is 0.0866. The highest BCUT2D eigenvalue weighted by atomic mass is 35.5. The molecule has 1 aliphatic heterocycles. The van der Waals surface area contributed by atoms with Crippen LogP contribution < -0.4 is 14.9 Å². The van der Waals surface area contributed by atoms with Gasteiger partial charge in [-0.05, 0) is 55.0 Å². The first-order chi connectivity index (χ1) is 21.3. The van der Waals surface area contributed by atoms with Gasteiger partial charge in [-0.3, -0.25) is 14.5 Å². The van der Waals surface area contributed by atoms with Crippen molar-refractivity contribution in [3.63, 3.8) is 0 Å². The summed E-state index contributed by atoms with van der Waals surface area (Å²) in [5.41, 5.74) is 0.0515. The quantitative estimate of drug-likeness (QED) is 0.195. The van der Waals surface area contributed by atoms with Gasteiger partial charge in [0.05, 0.1) is 23.5 Å². The van der Waals surface area contributed by atoms with Gasteiger partial charge in [0.15, 0.2) is 0 Å². The molecule has 2 heterocycles. The van der Waals surface area contributed by atoms with Gasteiger partial charge in [-0.15, -0.1) is 11.6 Å². The van der Waals surface area contributed by atoms with Crippen LogP contribution in [0.5, 0.6) is 0 Å². The lowest BCUT2D eigenvalue weighted by Gasteiger charge is -2.38. The standard InChI is InChI=1S/C30H26ClF4N5O4S/c1-2-39-28-25(23(16-36-45(43,44)17-31)38-40(28)22-9-4-3-5-10-22)24(18-11-13-21(32)14-12-18)26(29(39)42)37-27(41)19-7-6-8-20(15-19)30(33,34)35/h3-15,24,26,36H,2,16-17H2,1H3,(H,37,41)/t24-,26-/m0/s1. The van der Waals surface area contributed by atoms with Crippen molar-refractivity contribution in [3.05, 3.63) is 113 Å². The number of carbonyl (C=O) groups excluding carboxylic acids is 2. The van der Waals surface area contributed by atoms with Crippen molar-refractivity contribution in [2.24, 2.45) is 0 Å². The zero-order valence-electron chi connectivity index (χ0n) is 23.6. The molecule has 4 aromatic rings. The second kappa shape index (κ2) is 12.6. The van der Waals surface area contributed by atoms with Gasteiger partial charge < -0.3 is 5.32 Å². The molecule has 0 bridgehead atoms. The molecule has 9 nitrogen and oxygen atoms in total. The zero-order chi connectivity index (χ0) is 32.5. The van der Waals surface area contributed by atoms with Gasteiger partial charge in [0.25, 0.3) is 11.8 Å². The van der Waals surface area contributed by atoms with Crippen LogP contribution in [0.2, 0.25) is 0 Å². The summed E-state index contributed by atoms with van der Waals surface area (Å²) in [7, 11) is -3.93. The Morgan fingerprint density at radius 2 is 1.71 bits per heavy atom. The van der Waals surface area contributed by atoms with E-state index in [1.165, 1.54) is 27.8 Å². The number of alkyl halides is 4. The number of rotatable bonds is 9. The summed E-state index contributed by atoms with van der Waals surface area (Å²) in [6, 6.07) is 16.2. The molecule has 1 aromatic heterocycles. The summed E-state index contributed by atoms with van der Waals surface area (Å²) in [4.78, 5) is 29.0. The van der Waals surface area contributed by atoms with Gasteiger partial charge in [-0.1, -0.05) is 36.4 Å². The Kier molecular flexibility index (Phi) is 9.01. The molecule has 2 amide bonds. The molecule has 2 atom stereocenters. The monoisotopic (exact) mass is 663 g/mol. The Morgan fingerprint density at radius 1 is 1.02 bits per heavy atom. The molecule has 0 fully saturated rings. The van der Waals surface area contributed by atoms with Crippen molar-refractivity contribution >= 4 is 39.3 Å². The Morgan fingerprint density at radius 3 is 2.33 bits per heavy atom. The Bertz CT molecular complexity index is 1830. The van der Waals surface area contributed by atoms with E-state index in [2.05, 4.69) is 15.1 Å². The maximum Gasteiger partial charge on any atom is 0.416 e. The van der Waals surface area contributed by atoms with Gasteiger partial charge in [0.1, 0.15) is 22.9 Å². The molecule has 0 spiro atoms. The molecule has 0 radical (unpaired) electrons. The SMILES string of the molecule is CCN1C(=O)[C@@H](NC(=O)c2cccc(C(F)(F)F)c2)[C@@H](c2ccc(F)cc2)c2c(CNS(=O)(=O)CCl)nn(-c3ccccc3)c21. The zero-order valence-corrected chi connectivity index (χ0v) is 25.1. The average Bonchev–Trinajstić information content (AvgIpc) is 3.40. The summed E-state index contributed by atoms with van der Waals surface area (Å²) < 4.78 is 82.8. The number of hydrogen-bond acceptors (Lipinski definition) is 5. The number of para-hydroxylation sites is 1. The number of nitrogens with one attached hydrogen (secondary N) is 2. The smallest absolute Gasteiger partial charge is 0.339 e. The fourth-order valence-electron chi connectivity index (χ4n) is 5.26. The minimum atomic E-state index is -4.71. The van der Waals surface area contributed by atoms with Crippen LogP contribution >= 0.6 is 11.6 Å². The number of aromatic nitrogens is 2. The number of nitrogens with zero attached hydrogens (tertiary/aromatic N) is 3. The number of benzene rings is 3. The maximum atomic E-state index is 14.2. The van der Waals surface area contributed by atoms with E-state index in [4.69, 9.17) is 11.6 Å². The van der Waals surface area contributed by atoms with E-state index in [1.54, 1.807) is 37.3 Å². The summed E-state index contributed by atoms with van der Waals surface area (Å²) in [6.45, 7) is 1.42. The molecular weight excluding hydrogens is 638 g/mol. The van der Waals surface area contributed by atoms with E-state index >= 15 is 0 Å². The van der Waals surface area contributed by atoms with Crippen molar-refractivity contribution in [2.45, 2.75) is 31.6 Å². The Balaban J connectivity index is 1.71. The van der Waals surface area contributed by atoms with Gasteiger partial charge in [-0.25, -0.2) is 22.2 Å². The van der Waals surface area contributed by atoms with E-state index in [1.807, 2.05) is 0 Å². The third-order valence-electron chi connectivity index (χ3n) is 7.29. The van der Waals surface area contributed by atoms with E-state index in [9.17, 15) is 35.6 Å². The maximum absolute atomic E-state index is 14.2. The number of halogens is 5. The second-order valence-electron chi connectivity index (χ2n) is 10.1. The van der Waals surface area contributed by atoms with E-state index in [0.717, 1.165) is 24.3 Å². The first-order valence-corrected chi connectivity index (χ1v) is 15.8. The second-order valence-corrected chi connectivity index (χ2v) is 12.5. The van der Waals surface area contributed by atoms with Gasteiger partial charge >= 0.3 is 6.18 Å². The highest BCUT2D eigenvalue weighted by Gasteiger charge is 2.46. The number of amides is 2. The molecule has 0 aliphatic carbocycles. The molecule has 0 unspecified atom stereocenters. The topological polar surface area (TPSA) is 113 Å². The van der Waals surface area contributed by atoms with Crippen molar-refractivity contribution in [1.82, 2.24) is 19.8 Å².